The van der Waals surface area contributed by atoms with Crippen LogP contribution in [0.1, 0.15) is 30.5 Å². The summed E-state index contributed by atoms with van der Waals surface area (Å²) in [4.78, 5) is 4.61. The summed E-state index contributed by atoms with van der Waals surface area (Å²) in [6.07, 6.45) is 0. The van der Waals surface area contributed by atoms with E-state index in [4.69, 9.17) is 0 Å². The van der Waals surface area contributed by atoms with E-state index in [1.165, 1.54) is 22.4 Å². The number of aryl methyl sites for hydroxylation is 3. The zero-order valence-corrected chi connectivity index (χ0v) is 12.7. The summed E-state index contributed by atoms with van der Waals surface area (Å²) in [7, 11) is 0. The van der Waals surface area contributed by atoms with Crippen molar-refractivity contribution in [3.8, 4) is 0 Å². The van der Waals surface area contributed by atoms with Crippen LogP contribution in [0.5, 0.6) is 0 Å². The van der Waals surface area contributed by atoms with Gasteiger partial charge in [-0.25, -0.2) is 0 Å². The van der Waals surface area contributed by atoms with Crippen molar-refractivity contribution in [2.24, 2.45) is 10.9 Å². The topological polar surface area (TPSA) is 24.4 Å². The van der Waals surface area contributed by atoms with E-state index in [1.807, 2.05) is 11.8 Å². The van der Waals surface area contributed by atoms with Gasteiger partial charge in [-0.15, -0.1) is 0 Å². The fraction of sp³-hybridized carbons (Fsp3) is 0.533. The number of nitrogens with zero attached hydrogens (tertiary/aromatic N) is 1. The molecule has 2 nitrogen and oxygen atoms in total. The number of hydrogen-bond donors (Lipinski definition) is 1. The molecule has 1 unspecified atom stereocenters. The van der Waals surface area contributed by atoms with Crippen LogP contribution in [-0.2, 0) is 0 Å². The number of hydrogen-bond acceptors (Lipinski definition) is 3. The van der Waals surface area contributed by atoms with E-state index in [1.54, 1.807) is 0 Å². The highest BCUT2D eigenvalue weighted by atomic mass is 32.2. The Labute approximate surface area is 114 Å². The molecule has 0 fully saturated rings. The van der Waals surface area contributed by atoms with E-state index in [0.717, 1.165) is 11.7 Å². The Balaban J connectivity index is 2.12. The maximum Gasteiger partial charge on any atom is 0.161 e. The third-order valence-electron chi connectivity index (χ3n) is 3.33. The number of nitrogens with one attached hydrogen (secondary N) is 1. The van der Waals surface area contributed by atoms with Crippen LogP contribution >= 0.6 is 11.8 Å². The van der Waals surface area contributed by atoms with Crippen molar-refractivity contribution < 1.29 is 0 Å². The number of rotatable bonds is 2. The zero-order valence-electron chi connectivity index (χ0n) is 11.9. The van der Waals surface area contributed by atoms with Gasteiger partial charge in [-0.3, -0.25) is 4.99 Å². The first-order valence-corrected chi connectivity index (χ1v) is 7.41. The molecule has 0 saturated carbocycles. The predicted molar refractivity (Wildman–Crippen MR) is 82.8 cm³/mol. The predicted octanol–water partition coefficient (Wildman–Crippen LogP) is 4.15. The summed E-state index contributed by atoms with van der Waals surface area (Å²) in [6, 6.07) is 4.44. The van der Waals surface area contributed by atoms with Crippen LogP contribution in [0.15, 0.2) is 17.1 Å². The standard InChI is InChI=1S/C15H22N2S/c1-9(2)13-8-16-15(18-13)17-14-11(4)6-10(3)7-12(14)5/h6-7,9,13H,8H2,1-5H3,(H,16,17). The Bertz CT molecular complexity index is 454. The van der Waals surface area contributed by atoms with Gasteiger partial charge in [0.25, 0.3) is 0 Å². The first-order chi connectivity index (χ1) is 8.47. The SMILES string of the molecule is Cc1cc(C)c(NC2=NCC(C(C)C)S2)c(C)c1. The second-order valence-corrected chi connectivity index (χ2v) is 6.67. The van der Waals surface area contributed by atoms with E-state index >= 15 is 0 Å². The lowest BCUT2D eigenvalue weighted by molar-refractivity contribution is 0.621. The summed E-state index contributed by atoms with van der Waals surface area (Å²) in [5, 5.41) is 5.20. The van der Waals surface area contributed by atoms with Crippen LogP contribution in [0.2, 0.25) is 0 Å². The summed E-state index contributed by atoms with van der Waals surface area (Å²) >= 11 is 1.87. The van der Waals surface area contributed by atoms with Crippen molar-refractivity contribution in [2.75, 3.05) is 11.9 Å². The summed E-state index contributed by atoms with van der Waals surface area (Å²) in [6.45, 7) is 11.9. The molecule has 1 atom stereocenters. The molecule has 1 aromatic carbocycles. The molecular formula is C15H22N2S. The molecule has 0 amide bonds. The minimum absolute atomic E-state index is 0.624. The summed E-state index contributed by atoms with van der Waals surface area (Å²) < 4.78 is 0. The van der Waals surface area contributed by atoms with E-state index < -0.39 is 0 Å². The lowest BCUT2D eigenvalue weighted by Crippen LogP contribution is -2.13. The molecule has 98 valence electrons. The first-order valence-electron chi connectivity index (χ1n) is 6.53. The van der Waals surface area contributed by atoms with Crippen molar-refractivity contribution in [1.29, 1.82) is 0 Å². The van der Waals surface area contributed by atoms with E-state index in [9.17, 15) is 0 Å². The van der Waals surface area contributed by atoms with Crippen LogP contribution in [0.25, 0.3) is 0 Å². The molecule has 1 aliphatic heterocycles. The smallest absolute Gasteiger partial charge is 0.161 e. The third kappa shape index (κ3) is 2.89. The quantitative estimate of drug-likeness (QED) is 0.866. The first kappa shape index (κ1) is 13.5. The number of anilines is 1. The fourth-order valence-electron chi connectivity index (χ4n) is 2.29. The Morgan fingerprint density at radius 1 is 1.22 bits per heavy atom. The maximum atomic E-state index is 4.61. The number of amidine groups is 1. The van der Waals surface area contributed by atoms with Crippen molar-refractivity contribution in [3.05, 3.63) is 28.8 Å². The molecule has 0 saturated heterocycles. The molecule has 2 rings (SSSR count). The van der Waals surface area contributed by atoms with Gasteiger partial charge >= 0.3 is 0 Å². The van der Waals surface area contributed by atoms with E-state index in [2.05, 4.69) is 57.1 Å². The second-order valence-electron chi connectivity index (χ2n) is 5.44. The van der Waals surface area contributed by atoms with Crippen molar-refractivity contribution in [3.63, 3.8) is 0 Å². The van der Waals surface area contributed by atoms with E-state index in [-0.39, 0.29) is 0 Å². The lowest BCUT2D eigenvalue weighted by Gasteiger charge is -2.15. The van der Waals surface area contributed by atoms with Gasteiger partial charge in [-0.1, -0.05) is 43.3 Å². The average Bonchev–Trinajstić information content (AvgIpc) is 2.71. The van der Waals surface area contributed by atoms with Crippen molar-refractivity contribution >= 4 is 22.6 Å². The Hall–Kier alpha value is -0.960. The largest absolute Gasteiger partial charge is 0.335 e. The van der Waals surface area contributed by atoms with Crippen LogP contribution < -0.4 is 5.32 Å². The molecule has 3 heteroatoms. The van der Waals surface area contributed by atoms with Gasteiger partial charge in [0, 0.05) is 10.9 Å². The molecule has 0 radical (unpaired) electrons. The summed E-state index contributed by atoms with van der Waals surface area (Å²) in [5.41, 5.74) is 5.13. The van der Waals surface area contributed by atoms with Crippen LogP contribution in [0, 0.1) is 26.7 Å². The lowest BCUT2D eigenvalue weighted by atomic mass is 10.1. The average molecular weight is 262 g/mol. The summed E-state index contributed by atoms with van der Waals surface area (Å²) in [5.74, 6) is 0.679. The number of aliphatic imine (C=N–C) groups is 1. The zero-order chi connectivity index (χ0) is 13.3. The molecule has 0 spiro atoms. The van der Waals surface area contributed by atoms with Crippen molar-refractivity contribution in [2.45, 2.75) is 39.9 Å². The highest BCUT2D eigenvalue weighted by Crippen LogP contribution is 2.30. The Kier molecular flexibility index (Phi) is 4.00. The Morgan fingerprint density at radius 2 is 1.83 bits per heavy atom. The third-order valence-corrected chi connectivity index (χ3v) is 4.78. The maximum absolute atomic E-state index is 4.61. The van der Waals surface area contributed by atoms with Gasteiger partial charge in [0.15, 0.2) is 5.17 Å². The highest BCUT2D eigenvalue weighted by molar-refractivity contribution is 8.15. The molecule has 0 bridgehead atoms. The van der Waals surface area contributed by atoms with Gasteiger partial charge in [0.2, 0.25) is 0 Å². The second kappa shape index (κ2) is 5.35. The minimum Gasteiger partial charge on any atom is -0.335 e. The van der Waals surface area contributed by atoms with Crippen LogP contribution in [-0.4, -0.2) is 17.0 Å². The molecular weight excluding hydrogens is 240 g/mol. The van der Waals surface area contributed by atoms with E-state index in [0.29, 0.717) is 11.2 Å². The van der Waals surface area contributed by atoms with Gasteiger partial charge in [0.1, 0.15) is 0 Å². The highest BCUT2D eigenvalue weighted by Gasteiger charge is 2.23. The van der Waals surface area contributed by atoms with Crippen LogP contribution in [0.4, 0.5) is 5.69 Å². The molecule has 0 aromatic heterocycles. The Morgan fingerprint density at radius 3 is 2.33 bits per heavy atom. The van der Waals surface area contributed by atoms with Crippen molar-refractivity contribution in [1.82, 2.24) is 0 Å². The van der Waals surface area contributed by atoms with Crippen LogP contribution in [0.3, 0.4) is 0 Å². The molecule has 1 N–H and O–H groups in total. The molecule has 1 aromatic rings. The number of benzene rings is 1. The monoisotopic (exact) mass is 262 g/mol. The van der Waals surface area contributed by atoms with Gasteiger partial charge in [-0.2, -0.15) is 0 Å². The fourth-order valence-corrected chi connectivity index (χ4v) is 3.31. The molecule has 1 heterocycles. The minimum atomic E-state index is 0.624. The normalized spacial score (nSPS) is 19.2. The molecule has 18 heavy (non-hydrogen) atoms. The van der Waals surface area contributed by atoms with Gasteiger partial charge in [0.05, 0.1) is 6.54 Å². The van der Waals surface area contributed by atoms with Gasteiger partial charge < -0.3 is 5.32 Å². The van der Waals surface area contributed by atoms with Gasteiger partial charge in [-0.05, 0) is 37.8 Å². The molecule has 0 aliphatic carbocycles. The molecule has 1 aliphatic rings. The number of thioether (sulfide) groups is 1.